The standard InChI is InChI=1S/C21H27N3O3S/c1-27-11-10-22-21(26)24-19(25)14-23-20(18-7-4-12-28-18)17-9-8-15-5-2-3-6-16(15)13-17/h4,7-9,12-13,20,23H,2-3,5-6,10-11,14H2,1H3,(H2,22,24,25,26). The SMILES string of the molecule is COCCNC(=O)NC(=O)CNC(c1ccc2c(c1)CCCC2)c1cccs1. The first-order chi connectivity index (χ1) is 13.7. The number of nitrogens with one attached hydrogen (secondary N) is 3. The van der Waals surface area contributed by atoms with Crippen molar-refractivity contribution in [2.45, 2.75) is 31.7 Å². The zero-order chi connectivity index (χ0) is 19.8. The van der Waals surface area contributed by atoms with Gasteiger partial charge in [0.25, 0.3) is 0 Å². The summed E-state index contributed by atoms with van der Waals surface area (Å²) >= 11 is 1.66. The number of imide groups is 1. The Kier molecular flexibility index (Phi) is 7.59. The number of hydrogen-bond acceptors (Lipinski definition) is 5. The molecule has 0 aliphatic heterocycles. The molecule has 1 atom stereocenters. The van der Waals surface area contributed by atoms with E-state index in [1.54, 1.807) is 18.4 Å². The van der Waals surface area contributed by atoms with Crippen LogP contribution in [0.2, 0.25) is 0 Å². The molecular weight excluding hydrogens is 374 g/mol. The van der Waals surface area contributed by atoms with Crippen molar-refractivity contribution < 1.29 is 14.3 Å². The highest BCUT2D eigenvalue weighted by atomic mass is 32.1. The van der Waals surface area contributed by atoms with E-state index in [1.165, 1.54) is 24.0 Å². The van der Waals surface area contributed by atoms with Crippen molar-refractivity contribution in [1.82, 2.24) is 16.0 Å². The Hall–Kier alpha value is -2.22. The van der Waals surface area contributed by atoms with Crippen molar-refractivity contribution in [3.63, 3.8) is 0 Å². The number of fused-ring (bicyclic) bond motifs is 1. The van der Waals surface area contributed by atoms with Gasteiger partial charge in [-0.25, -0.2) is 4.79 Å². The van der Waals surface area contributed by atoms with Crippen molar-refractivity contribution >= 4 is 23.3 Å². The first-order valence-electron chi connectivity index (χ1n) is 9.62. The number of thiophene rings is 1. The topological polar surface area (TPSA) is 79.5 Å². The van der Waals surface area contributed by atoms with E-state index in [1.807, 2.05) is 11.4 Å². The zero-order valence-electron chi connectivity index (χ0n) is 16.1. The Morgan fingerprint density at radius 3 is 2.75 bits per heavy atom. The van der Waals surface area contributed by atoms with Gasteiger partial charge >= 0.3 is 6.03 Å². The van der Waals surface area contributed by atoms with Crippen molar-refractivity contribution in [3.05, 3.63) is 57.3 Å². The number of urea groups is 1. The lowest BCUT2D eigenvalue weighted by atomic mass is 9.89. The number of methoxy groups -OCH3 is 1. The average Bonchev–Trinajstić information content (AvgIpc) is 3.22. The molecule has 150 valence electrons. The maximum atomic E-state index is 12.2. The summed E-state index contributed by atoms with van der Waals surface area (Å²) < 4.78 is 4.87. The van der Waals surface area contributed by atoms with Gasteiger partial charge in [0.1, 0.15) is 0 Å². The van der Waals surface area contributed by atoms with E-state index in [0.29, 0.717) is 13.2 Å². The summed E-state index contributed by atoms with van der Waals surface area (Å²) in [4.78, 5) is 25.0. The number of amides is 3. The number of carbonyl (C=O) groups excluding carboxylic acids is 2. The van der Waals surface area contributed by atoms with Gasteiger partial charge in [-0.1, -0.05) is 24.3 Å². The molecule has 1 heterocycles. The number of hydrogen-bond donors (Lipinski definition) is 3. The molecular formula is C21H27N3O3S. The molecule has 3 N–H and O–H groups in total. The van der Waals surface area contributed by atoms with Crippen LogP contribution in [0, 0.1) is 0 Å². The van der Waals surface area contributed by atoms with Crippen LogP contribution in [0.1, 0.15) is 40.5 Å². The minimum atomic E-state index is -0.509. The van der Waals surface area contributed by atoms with Crippen LogP contribution in [0.25, 0.3) is 0 Å². The molecule has 1 unspecified atom stereocenters. The van der Waals surface area contributed by atoms with Crippen LogP contribution in [0.3, 0.4) is 0 Å². The van der Waals surface area contributed by atoms with E-state index in [-0.39, 0.29) is 18.5 Å². The van der Waals surface area contributed by atoms with E-state index in [2.05, 4.69) is 40.2 Å². The summed E-state index contributed by atoms with van der Waals surface area (Å²) in [5, 5.41) is 10.3. The maximum absolute atomic E-state index is 12.2. The van der Waals surface area contributed by atoms with Gasteiger partial charge < -0.3 is 10.1 Å². The fraction of sp³-hybridized carbons (Fsp3) is 0.429. The lowest BCUT2D eigenvalue weighted by Crippen LogP contribution is -2.44. The molecule has 0 radical (unpaired) electrons. The van der Waals surface area contributed by atoms with Crippen LogP contribution in [0.4, 0.5) is 4.79 Å². The number of aryl methyl sites for hydroxylation is 2. The minimum absolute atomic E-state index is 0.0529. The minimum Gasteiger partial charge on any atom is -0.383 e. The third-order valence-electron chi connectivity index (χ3n) is 4.85. The summed E-state index contributed by atoms with van der Waals surface area (Å²) in [5.41, 5.74) is 4.00. The Balaban J connectivity index is 1.63. The van der Waals surface area contributed by atoms with Gasteiger partial charge in [0.15, 0.2) is 0 Å². The van der Waals surface area contributed by atoms with Crippen molar-refractivity contribution in [2.24, 2.45) is 0 Å². The predicted octanol–water partition coefficient (Wildman–Crippen LogP) is 2.78. The Morgan fingerprint density at radius 2 is 2.00 bits per heavy atom. The molecule has 0 fully saturated rings. The number of rotatable bonds is 8. The average molecular weight is 402 g/mol. The molecule has 6 nitrogen and oxygen atoms in total. The van der Waals surface area contributed by atoms with Gasteiger partial charge in [-0.05, 0) is 53.8 Å². The molecule has 3 amide bonds. The molecule has 0 saturated carbocycles. The van der Waals surface area contributed by atoms with Crippen molar-refractivity contribution in [1.29, 1.82) is 0 Å². The summed E-state index contributed by atoms with van der Waals surface area (Å²) in [6, 6.07) is 10.1. The van der Waals surface area contributed by atoms with Gasteiger partial charge in [-0.2, -0.15) is 0 Å². The summed E-state index contributed by atoms with van der Waals surface area (Å²) in [6.45, 7) is 0.811. The molecule has 0 spiro atoms. The Morgan fingerprint density at radius 1 is 1.18 bits per heavy atom. The highest BCUT2D eigenvalue weighted by Crippen LogP contribution is 2.30. The lowest BCUT2D eigenvalue weighted by molar-refractivity contribution is -0.119. The van der Waals surface area contributed by atoms with Crippen LogP contribution in [0.5, 0.6) is 0 Å². The monoisotopic (exact) mass is 401 g/mol. The second-order valence-corrected chi connectivity index (χ2v) is 7.84. The molecule has 0 saturated heterocycles. The van der Waals surface area contributed by atoms with Gasteiger partial charge in [-0.3, -0.25) is 15.4 Å². The van der Waals surface area contributed by atoms with Gasteiger partial charge in [0, 0.05) is 18.5 Å². The van der Waals surface area contributed by atoms with Crippen LogP contribution in [-0.2, 0) is 22.4 Å². The molecule has 1 aromatic heterocycles. The van der Waals surface area contributed by atoms with Gasteiger partial charge in [0.05, 0.1) is 19.2 Å². The van der Waals surface area contributed by atoms with Gasteiger partial charge in [-0.15, -0.1) is 11.3 Å². The van der Waals surface area contributed by atoms with E-state index < -0.39 is 6.03 Å². The highest BCUT2D eigenvalue weighted by molar-refractivity contribution is 7.10. The number of carbonyl (C=O) groups is 2. The van der Waals surface area contributed by atoms with Crippen molar-refractivity contribution in [2.75, 3.05) is 26.8 Å². The third kappa shape index (κ3) is 5.64. The van der Waals surface area contributed by atoms with Gasteiger partial charge in [0.2, 0.25) is 5.91 Å². The maximum Gasteiger partial charge on any atom is 0.321 e. The molecule has 2 aromatic rings. The van der Waals surface area contributed by atoms with Crippen LogP contribution in [-0.4, -0.2) is 38.7 Å². The summed E-state index contributed by atoms with van der Waals surface area (Å²) in [5.74, 6) is -0.366. The lowest BCUT2D eigenvalue weighted by Gasteiger charge is -2.22. The third-order valence-corrected chi connectivity index (χ3v) is 5.78. The first-order valence-corrected chi connectivity index (χ1v) is 10.5. The van der Waals surface area contributed by atoms with Crippen LogP contribution >= 0.6 is 11.3 Å². The molecule has 3 rings (SSSR count). The highest BCUT2D eigenvalue weighted by Gasteiger charge is 2.19. The predicted molar refractivity (Wildman–Crippen MR) is 111 cm³/mol. The zero-order valence-corrected chi connectivity index (χ0v) is 16.9. The Bertz CT molecular complexity index is 792. The number of benzene rings is 1. The van der Waals surface area contributed by atoms with Crippen molar-refractivity contribution in [3.8, 4) is 0 Å². The second kappa shape index (κ2) is 10.4. The normalized spacial score (nSPS) is 14.2. The van der Waals surface area contributed by atoms with E-state index >= 15 is 0 Å². The van der Waals surface area contributed by atoms with E-state index in [9.17, 15) is 9.59 Å². The fourth-order valence-corrected chi connectivity index (χ4v) is 4.27. The fourth-order valence-electron chi connectivity index (χ4n) is 3.45. The molecule has 0 bridgehead atoms. The number of ether oxygens (including phenoxy) is 1. The molecule has 1 aliphatic rings. The second-order valence-electron chi connectivity index (χ2n) is 6.86. The molecule has 1 aliphatic carbocycles. The quantitative estimate of drug-likeness (QED) is 0.595. The largest absolute Gasteiger partial charge is 0.383 e. The van der Waals surface area contributed by atoms with Crippen LogP contribution in [0.15, 0.2) is 35.7 Å². The van der Waals surface area contributed by atoms with Crippen LogP contribution < -0.4 is 16.0 Å². The summed E-state index contributed by atoms with van der Waals surface area (Å²) in [6.07, 6.45) is 4.75. The Labute approximate surface area is 169 Å². The van der Waals surface area contributed by atoms with E-state index in [4.69, 9.17) is 4.74 Å². The summed E-state index contributed by atoms with van der Waals surface area (Å²) in [7, 11) is 1.56. The molecule has 7 heteroatoms. The molecule has 1 aromatic carbocycles. The van der Waals surface area contributed by atoms with E-state index in [0.717, 1.165) is 23.3 Å². The molecule has 28 heavy (non-hydrogen) atoms. The smallest absolute Gasteiger partial charge is 0.321 e. The first kappa shape index (κ1) is 20.5.